The van der Waals surface area contributed by atoms with E-state index in [4.69, 9.17) is 5.73 Å². The average molecular weight is 207 g/mol. The number of hydrogen-bond donors (Lipinski definition) is 1. The number of nitrogens with two attached hydrogens (primary N) is 1. The predicted molar refractivity (Wildman–Crippen MR) is 51.1 cm³/mol. The lowest BCUT2D eigenvalue weighted by molar-refractivity contribution is -0.140. The fourth-order valence-corrected chi connectivity index (χ4v) is 2.13. The van der Waals surface area contributed by atoms with Gasteiger partial charge in [-0.05, 0) is 37.6 Å². The van der Waals surface area contributed by atoms with E-state index >= 15 is 0 Å². The van der Waals surface area contributed by atoms with Crippen molar-refractivity contribution in [1.82, 2.24) is 0 Å². The summed E-state index contributed by atoms with van der Waals surface area (Å²) in [5, 5.41) is 0. The molecule has 1 saturated carbocycles. The summed E-state index contributed by atoms with van der Waals surface area (Å²) < 4.78 is 27.8. The zero-order valence-corrected chi connectivity index (χ0v) is 8.42. The van der Waals surface area contributed by atoms with E-state index in [1.54, 1.807) is 0 Å². The molecular weight excluding hydrogens is 188 g/mol. The van der Waals surface area contributed by atoms with Crippen LogP contribution >= 0.6 is 0 Å². The maximum Gasteiger partial charge on any atom is 0.345 e. The van der Waals surface area contributed by atoms with E-state index in [2.05, 4.69) is 4.74 Å². The smallest absolute Gasteiger partial charge is 0.330 e. The van der Waals surface area contributed by atoms with Gasteiger partial charge in [-0.3, -0.25) is 0 Å². The van der Waals surface area contributed by atoms with Gasteiger partial charge in [-0.1, -0.05) is 12.8 Å². The molecule has 1 rings (SSSR count). The highest BCUT2D eigenvalue weighted by Gasteiger charge is 2.21. The van der Waals surface area contributed by atoms with E-state index in [1.165, 1.54) is 0 Å². The molecule has 0 atom stereocenters. The van der Waals surface area contributed by atoms with Crippen LogP contribution in [0.15, 0.2) is 0 Å². The third-order valence-corrected chi connectivity index (χ3v) is 3.00. The van der Waals surface area contributed by atoms with Gasteiger partial charge >= 0.3 is 6.61 Å². The molecule has 0 bridgehead atoms. The summed E-state index contributed by atoms with van der Waals surface area (Å²) >= 11 is 0. The van der Waals surface area contributed by atoms with Gasteiger partial charge in [-0.2, -0.15) is 8.78 Å². The fourth-order valence-electron chi connectivity index (χ4n) is 2.13. The lowest BCUT2D eigenvalue weighted by atomic mass is 9.81. The molecule has 2 N–H and O–H groups in total. The van der Waals surface area contributed by atoms with Crippen LogP contribution < -0.4 is 5.73 Å². The van der Waals surface area contributed by atoms with E-state index in [1.807, 2.05) is 0 Å². The lowest BCUT2D eigenvalue weighted by Crippen LogP contribution is -2.21. The van der Waals surface area contributed by atoms with Crippen molar-refractivity contribution in [2.24, 2.45) is 17.6 Å². The normalized spacial score (nSPS) is 28.3. The Morgan fingerprint density at radius 3 is 2.21 bits per heavy atom. The van der Waals surface area contributed by atoms with Gasteiger partial charge in [0.05, 0.1) is 6.61 Å². The van der Waals surface area contributed by atoms with Crippen LogP contribution in [0.2, 0.25) is 0 Å². The molecule has 0 aromatic heterocycles. The van der Waals surface area contributed by atoms with Crippen molar-refractivity contribution in [2.75, 3.05) is 13.2 Å². The highest BCUT2D eigenvalue weighted by molar-refractivity contribution is 4.72. The maximum atomic E-state index is 11.7. The first-order valence-electron chi connectivity index (χ1n) is 5.32. The largest absolute Gasteiger partial charge is 0.345 e. The zero-order chi connectivity index (χ0) is 10.4. The van der Waals surface area contributed by atoms with E-state index in [-0.39, 0.29) is 6.61 Å². The minimum Gasteiger partial charge on any atom is -0.330 e. The third-order valence-electron chi connectivity index (χ3n) is 3.00. The summed E-state index contributed by atoms with van der Waals surface area (Å²) in [6.45, 7) is -1.66. The third kappa shape index (κ3) is 4.33. The highest BCUT2D eigenvalue weighted by Crippen LogP contribution is 2.30. The monoisotopic (exact) mass is 207 g/mol. The topological polar surface area (TPSA) is 35.2 Å². The summed E-state index contributed by atoms with van der Waals surface area (Å²) in [7, 11) is 0. The van der Waals surface area contributed by atoms with Crippen LogP contribution in [0.3, 0.4) is 0 Å². The van der Waals surface area contributed by atoms with E-state index in [0.29, 0.717) is 11.8 Å². The molecule has 0 aromatic rings. The molecule has 1 fully saturated rings. The minimum atomic E-state index is -2.61. The van der Waals surface area contributed by atoms with Crippen LogP contribution in [0, 0.1) is 11.8 Å². The Morgan fingerprint density at radius 2 is 1.71 bits per heavy atom. The van der Waals surface area contributed by atoms with Crippen molar-refractivity contribution in [1.29, 1.82) is 0 Å². The van der Waals surface area contributed by atoms with Gasteiger partial charge in [0.1, 0.15) is 0 Å². The first-order chi connectivity index (χ1) is 6.72. The number of rotatable bonds is 5. The Hall–Kier alpha value is -0.220. The number of alkyl halides is 2. The molecule has 4 heteroatoms. The molecule has 0 radical (unpaired) electrons. The number of ether oxygens (including phenoxy) is 1. The van der Waals surface area contributed by atoms with Gasteiger partial charge in [-0.25, -0.2) is 0 Å². The molecule has 0 aromatic carbocycles. The molecular formula is C10H19F2NO. The molecule has 0 aliphatic heterocycles. The van der Waals surface area contributed by atoms with Gasteiger partial charge in [0.15, 0.2) is 0 Å². The Morgan fingerprint density at radius 1 is 1.14 bits per heavy atom. The molecule has 1 aliphatic carbocycles. The Kier molecular flexibility index (Phi) is 5.33. The van der Waals surface area contributed by atoms with Crippen molar-refractivity contribution < 1.29 is 13.5 Å². The van der Waals surface area contributed by atoms with Crippen molar-refractivity contribution in [3.63, 3.8) is 0 Å². The Bertz CT molecular complexity index is 147. The molecule has 14 heavy (non-hydrogen) atoms. The Labute approximate surface area is 83.8 Å². The summed E-state index contributed by atoms with van der Waals surface area (Å²) in [6, 6.07) is 0. The van der Waals surface area contributed by atoms with Gasteiger partial charge in [0, 0.05) is 0 Å². The second-order valence-corrected chi connectivity index (χ2v) is 4.06. The predicted octanol–water partition coefficient (Wildman–Crippen LogP) is 2.38. The fraction of sp³-hybridized carbons (Fsp3) is 1.00. The van der Waals surface area contributed by atoms with Gasteiger partial charge in [0.25, 0.3) is 0 Å². The molecule has 0 spiro atoms. The average Bonchev–Trinajstić information content (AvgIpc) is 2.17. The Balaban J connectivity index is 2.09. The van der Waals surface area contributed by atoms with Crippen LogP contribution in [0.4, 0.5) is 8.78 Å². The standard InChI is InChI=1S/C10H19F2NO/c11-10(12)14-7-9-3-1-8(2-4-9)5-6-13/h8-10H,1-7,13H2. The van der Waals surface area contributed by atoms with Crippen molar-refractivity contribution in [3.05, 3.63) is 0 Å². The molecule has 0 unspecified atom stereocenters. The molecule has 0 saturated heterocycles. The van der Waals surface area contributed by atoms with Crippen LogP contribution in [-0.4, -0.2) is 19.8 Å². The minimum absolute atomic E-state index is 0.215. The van der Waals surface area contributed by atoms with E-state index < -0.39 is 6.61 Å². The van der Waals surface area contributed by atoms with E-state index in [9.17, 15) is 8.78 Å². The van der Waals surface area contributed by atoms with Crippen molar-refractivity contribution in [3.8, 4) is 0 Å². The highest BCUT2D eigenvalue weighted by atomic mass is 19.3. The first kappa shape index (κ1) is 11.9. The summed E-state index contributed by atoms with van der Waals surface area (Å²) in [4.78, 5) is 0. The second-order valence-electron chi connectivity index (χ2n) is 4.06. The summed E-state index contributed by atoms with van der Waals surface area (Å²) in [5.74, 6) is 1.04. The number of hydrogen-bond acceptors (Lipinski definition) is 2. The van der Waals surface area contributed by atoms with Crippen molar-refractivity contribution in [2.45, 2.75) is 38.7 Å². The van der Waals surface area contributed by atoms with Crippen LogP contribution in [0.5, 0.6) is 0 Å². The maximum absolute atomic E-state index is 11.7. The van der Waals surface area contributed by atoms with Crippen LogP contribution in [-0.2, 0) is 4.74 Å². The lowest BCUT2D eigenvalue weighted by Gasteiger charge is -2.27. The van der Waals surface area contributed by atoms with E-state index in [0.717, 1.165) is 38.6 Å². The summed E-state index contributed by atoms with van der Waals surface area (Å²) in [6.07, 6.45) is 5.33. The second kappa shape index (κ2) is 6.30. The molecule has 0 heterocycles. The van der Waals surface area contributed by atoms with Crippen LogP contribution in [0.1, 0.15) is 32.1 Å². The number of halogens is 2. The van der Waals surface area contributed by atoms with Gasteiger partial charge in [0.2, 0.25) is 0 Å². The SMILES string of the molecule is NCCC1CCC(COC(F)F)CC1. The quantitative estimate of drug-likeness (QED) is 0.751. The molecule has 1 aliphatic rings. The zero-order valence-electron chi connectivity index (χ0n) is 8.42. The van der Waals surface area contributed by atoms with Crippen LogP contribution in [0.25, 0.3) is 0 Å². The molecule has 2 nitrogen and oxygen atoms in total. The van der Waals surface area contributed by atoms with Gasteiger partial charge < -0.3 is 10.5 Å². The van der Waals surface area contributed by atoms with Crippen molar-refractivity contribution >= 4 is 0 Å². The first-order valence-corrected chi connectivity index (χ1v) is 5.32. The summed E-state index contributed by atoms with van der Waals surface area (Å²) in [5.41, 5.74) is 5.47. The molecule has 0 amide bonds. The van der Waals surface area contributed by atoms with Gasteiger partial charge in [-0.15, -0.1) is 0 Å². The molecule has 84 valence electrons.